The second-order valence-corrected chi connectivity index (χ2v) is 15.3. The third kappa shape index (κ3) is 5.81. The highest BCUT2D eigenvalue weighted by atomic mass is 15.1. The molecule has 0 heterocycles. The number of nitrogens with zero attached hydrogens (tertiary/aromatic N) is 1. The Bertz CT molecular complexity index is 2860. The molecular formula is C55H41N. The van der Waals surface area contributed by atoms with Crippen molar-refractivity contribution < 1.29 is 0 Å². The molecule has 0 radical (unpaired) electrons. The summed E-state index contributed by atoms with van der Waals surface area (Å²) in [7, 11) is 0. The molecule has 0 atom stereocenters. The van der Waals surface area contributed by atoms with Gasteiger partial charge in [0.05, 0.1) is 0 Å². The van der Waals surface area contributed by atoms with Gasteiger partial charge in [0.25, 0.3) is 0 Å². The van der Waals surface area contributed by atoms with Gasteiger partial charge in [-0.3, -0.25) is 0 Å². The second-order valence-electron chi connectivity index (χ2n) is 15.3. The fraction of sp³-hybridized carbons (Fsp3) is 0.0545. The lowest BCUT2D eigenvalue weighted by Crippen LogP contribution is -2.14. The topological polar surface area (TPSA) is 3.24 Å². The zero-order valence-corrected chi connectivity index (χ0v) is 31.7. The molecule has 0 spiro atoms. The van der Waals surface area contributed by atoms with Crippen molar-refractivity contribution >= 4 is 27.8 Å². The van der Waals surface area contributed by atoms with E-state index in [1.165, 1.54) is 77.5 Å². The first-order valence-corrected chi connectivity index (χ1v) is 19.5. The Kier molecular flexibility index (Phi) is 8.23. The van der Waals surface area contributed by atoms with Crippen molar-refractivity contribution in [3.05, 3.63) is 223 Å². The van der Waals surface area contributed by atoms with Crippen molar-refractivity contribution in [2.45, 2.75) is 19.3 Å². The van der Waals surface area contributed by atoms with Crippen LogP contribution in [0.25, 0.3) is 66.4 Å². The summed E-state index contributed by atoms with van der Waals surface area (Å²) in [6.07, 6.45) is 0. The van der Waals surface area contributed by atoms with E-state index in [9.17, 15) is 0 Å². The summed E-state index contributed by atoms with van der Waals surface area (Å²) in [5, 5.41) is 2.50. The summed E-state index contributed by atoms with van der Waals surface area (Å²) < 4.78 is 0. The summed E-state index contributed by atoms with van der Waals surface area (Å²) in [4.78, 5) is 2.38. The Hall–Kier alpha value is -6.96. The lowest BCUT2D eigenvalue weighted by Gasteiger charge is -2.27. The van der Waals surface area contributed by atoms with Crippen molar-refractivity contribution in [2.24, 2.45) is 0 Å². The van der Waals surface area contributed by atoms with E-state index in [4.69, 9.17) is 0 Å². The maximum atomic E-state index is 2.40. The van der Waals surface area contributed by atoms with E-state index in [0.29, 0.717) is 0 Å². The summed E-state index contributed by atoms with van der Waals surface area (Å²) in [6.45, 7) is 4.70. The summed E-state index contributed by atoms with van der Waals surface area (Å²) in [6, 6.07) is 77.5. The molecule has 10 rings (SSSR count). The number of fused-ring (bicyclic) bond motifs is 4. The van der Waals surface area contributed by atoms with Crippen molar-refractivity contribution in [3.63, 3.8) is 0 Å². The maximum absolute atomic E-state index is 2.40. The summed E-state index contributed by atoms with van der Waals surface area (Å²) in [5.41, 5.74) is 18.5. The Balaban J connectivity index is 1.06. The predicted molar refractivity (Wildman–Crippen MR) is 238 cm³/mol. The molecule has 0 aromatic heterocycles. The Morgan fingerprint density at radius 3 is 1.57 bits per heavy atom. The van der Waals surface area contributed by atoms with Gasteiger partial charge < -0.3 is 4.90 Å². The monoisotopic (exact) mass is 715 g/mol. The SMILES string of the molecule is CC1(C)c2ccccc2-c2ccc(-c3ccc(N(c4ccc(-c5ccccc5-c5ccccc5)cc4)c4cccc(-c5cccc6ccccc56)c4)cc3)cc21. The van der Waals surface area contributed by atoms with Gasteiger partial charge in [-0.25, -0.2) is 0 Å². The minimum atomic E-state index is -0.0401. The Morgan fingerprint density at radius 1 is 0.304 bits per heavy atom. The van der Waals surface area contributed by atoms with E-state index in [2.05, 4.69) is 231 Å². The van der Waals surface area contributed by atoms with Gasteiger partial charge >= 0.3 is 0 Å². The van der Waals surface area contributed by atoms with E-state index >= 15 is 0 Å². The molecule has 9 aromatic rings. The first kappa shape index (κ1) is 33.6. The van der Waals surface area contributed by atoms with Crippen LogP contribution in [0.4, 0.5) is 17.1 Å². The van der Waals surface area contributed by atoms with Gasteiger partial charge in [-0.05, 0) is 120 Å². The molecule has 0 amide bonds. The van der Waals surface area contributed by atoms with Crippen LogP contribution in [0.2, 0.25) is 0 Å². The van der Waals surface area contributed by atoms with E-state index in [1.807, 2.05) is 0 Å². The fourth-order valence-electron chi connectivity index (χ4n) is 8.82. The molecule has 56 heavy (non-hydrogen) atoms. The molecule has 1 nitrogen and oxygen atoms in total. The number of rotatable bonds is 7. The lowest BCUT2D eigenvalue weighted by molar-refractivity contribution is 0.660. The van der Waals surface area contributed by atoms with Gasteiger partial charge in [0.1, 0.15) is 0 Å². The summed E-state index contributed by atoms with van der Waals surface area (Å²) in [5.74, 6) is 0. The smallest absolute Gasteiger partial charge is 0.0467 e. The fourth-order valence-corrected chi connectivity index (χ4v) is 8.82. The van der Waals surface area contributed by atoms with Crippen LogP contribution in [0.1, 0.15) is 25.0 Å². The lowest BCUT2D eigenvalue weighted by atomic mass is 9.81. The standard InChI is InChI=1S/C55H41N/c1-55(2)53-25-11-10-23-51(53)52-35-30-42(37-54(52)55)38-26-31-44(32-27-38)56(46-19-12-18-43(36-46)50-24-13-17-40-16-6-7-20-48(40)50)45-33-28-41(29-34-45)49-22-9-8-21-47(49)39-14-4-3-5-15-39/h3-37H,1-2H3. The average Bonchev–Trinajstić information content (AvgIpc) is 3.49. The number of hydrogen-bond acceptors (Lipinski definition) is 1. The highest BCUT2D eigenvalue weighted by Gasteiger charge is 2.35. The van der Waals surface area contributed by atoms with Gasteiger partial charge in [-0.15, -0.1) is 0 Å². The molecule has 0 aliphatic heterocycles. The first-order valence-electron chi connectivity index (χ1n) is 19.5. The summed E-state index contributed by atoms with van der Waals surface area (Å²) >= 11 is 0. The van der Waals surface area contributed by atoms with E-state index < -0.39 is 0 Å². The van der Waals surface area contributed by atoms with Gasteiger partial charge in [-0.2, -0.15) is 0 Å². The normalized spacial score (nSPS) is 12.6. The van der Waals surface area contributed by atoms with Gasteiger partial charge in [0.2, 0.25) is 0 Å². The van der Waals surface area contributed by atoms with E-state index in [0.717, 1.165) is 17.1 Å². The zero-order valence-electron chi connectivity index (χ0n) is 31.7. The van der Waals surface area contributed by atoms with E-state index in [-0.39, 0.29) is 5.41 Å². The molecule has 0 N–H and O–H groups in total. The van der Waals surface area contributed by atoms with Gasteiger partial charge in [-0.1, -0.05) is 184 Å². The minimum absolute atomic E-state index is 0.0401. The second kappa shape index (κ2) is 13.7. The Morgan fingerprint density at radius 2 is 0.821 bits per heavy atom. The van der Waals surface area contributed by atoms with Crippen molar-refractivity contribution in [3.8, 4) is 55.6 Å². The molecule has 0 unspecified atom stereocenters. The molecule has 1 aliphatic rings. The highest BCUT2D eigenvalue weighted by Crippen LogP contribution is 2.50. The molecule has 9 aromatic carbocycles. The zero-order chi connectivity index (χ0) is 37.6. The largest absolute Gasteiger partial charge is 0.310 e. The third-order valence-electron chi connectivity index (χ3n) is 11.7. The number of anilines is 3. The van der Waals surface area contributed by atoms with Crippen LogP contribution in [0.15, 0.2) is 212 Å². The minimum Gasteiger partial charge on any atom is -0.310 e. The number of hydrogen-bond donors (Lipinski definition) is 0. The molecule has 0 bridgehead atoms. The van der Waals surface area contributed by atoms with Crippen LogP contribution in [-0.4, -0.2) is 0 Å². The van der Waals surface area contributed by atoms with Crippen LogP contribution < -0.4 is 4.90 Å². The van der Waals surface area contributed by atoms with Crippen LogP contribution >= 0.6 is 0 Å². The average molecular weight is 716 g/mol. The van der Waals surface area contributed by atoms with Crippen molar-refractivity contribution in [2.75, 3.05) is 4.90 Å². The highest BCUT2D eigenvalue weighted by molar-refractivity contribution is 5.97. The van der Waals surface area contributed by atoms with Crippen LogP contribution in [0, 0.1) is 0 Å². The Labute approximate surface area is 329 Å². The third-order valence-corrected chi connectivity index (χ3v) is 11.7. The van der Waals surface area contributed by atoms with Crippen LogP contribution in [0.5, 0.6) is 0 Å². The maximum Gasteiger partial charge on any atom is 0.0467 e. The van der Waals surface area contributed by atoms with Crippen LogP contribution in [0.3, 0.4) is 0 Å². The first-order chi connectivity index (χ1) is 27.5. The van der Waals surface area contributed by atoms with Crippen molar-refractivity contribution in [1.82, 2.24) is 0 Å². The van der Waals surface area contributed by atoms with E-state index in [1.54, 1.807) is 0 Å². The quantitative estimate of drug-likeness (QED) is 0.159. The van der Waals surface area contributed by atoms with Gasteiger partial charge in [0.15, 0.2) is 0 Å². The predicted octanol–water partition coefficient (Wildman–Crippen LogP) is 15.3. The molecular weight excluding hydrogens is 675 g/mol. The molecule has 1 heteroatoms. The number of benzene rings is 9. The molecule has 0 saturated heterocycles. The van der Waals surface area contributed by atoms with Crippen LogP contribution in [-0.2, 0) is 5.41 Å². The molecule has 266 valence electrons. The molecule has 0 fully saturated rings. The van der Waals surface area contributed by atoms with Crippen molar-refractivity contribution in [1.29, 1.82) is 0 Å². The van der Waals surface area contributed by atoms with Gasteiger partial charge in [0, 0.05) is 22.5 Å². The molecule has 1 aliphatic carbocycles. The molecule has 0 saturated carbocycles.